The first kappa shape index (κ1) is 11.8. The summed E-state index contributed by atoms with van der Waals surface area (Å²) in [7, 11) is 0. The van der Waals surface area contributed by atoms with Crippen LogP contribution in [0.15, 0.2) is 18.2 Å². The van der Waals surface area contributed by atoms with E-state index in [0.29, 0.717) is 0 Å². The molecule has 1 aromatic carbocycles. The lowest BCUT2D eigenvalue weighted by molar-refractivity contribution is -0.138. The van der Waals surface area contributed by atoms with E-state index in [1.165, 1.54) is 23.7 Å². The highest BCUT2D eigenvalue weighted by molar-refractivity contribution is 7.71. The molecule has 2 rings (SSSR count). The maximum absolute atomic E-state index is 12.7. The third-order valence-electron chi connectivity index (χ3n) is 2.26. The molecule has 0 aliphatic carbocycles. The number of alkyl halides is 3. The maximum atomic E-state index is 12.7. The van der Waals surface area contributed by atoms with E-state index < -0.39 is 11.7 Å². The number of aryl methyl sites for hydroxylation is 1. The Morgan fingerprint density at radius 2 is 2.06 bits per heavy atom. The van der Waals surface area contributed by atoms with E-state index in [2.05, 4.69) is 15.5 Å². The van der Waals surface area contributed by atoms with Crippen LogP contribution in [0.1, 0.15) is 11.1 Å². The Morgan fingerprint density at radius 1 is 1.35 bits per heavy atom. The summed E-state index contributed by atoms with van der Waals surface area (Å²) in [5.41, 5.74) is -0.301. The number of nitrogens with zero attached hydrogens (tertiary/aromatic N) is 3. The van der Waals surface area contributed by atoms with E-state index in [0.717, 1.165) is 6.07 Å². The van der Waals surface area contributed by atoms with Gasteiger partial charge >= 0.3 is 6.18 Å². The Labute approximate surface area is 99.1 Å². The van der Waals surface area contributed by atoms with E-state index in [9.17, 15) is 13.2 Å². The number of H-pyrrole nitrogens is 1. The molecule has 0 aliphatic rings. The second kappa shape index (κ2) is 3.95. The largest absolute Gasteiger partial charge is 0.416 e. The summed E-state index contributed by atoms with van der Waals surface area (Å²) in [5, 5.41) is 9.32. The second-order valence-electron chi connectivity index (χ2n) is 3.41. The van der Waals surface area contributed by atoms with Crippen LogP contribution in [0, 0.1) is 11.7 Å². The first-order chi connectivity index (χ1) is 7.89. The minimum absolute atomic E-state index is 0.0713. The zero-order valence-corrected chi connectivity index (χ0v) is 9.43. The molecule has 4 nitrogen and oxygen atoms in total. The molecule has 17 heavy (non-hydrogen) atoms. The van der Waals surface area contributed by atoms with Gasteiger partial charge in [-0.25, -0.2) is 4.68 Å². The number of aromatic amines is 1. The molecule has 0 aliphatic heterocycles. The average molecular weight is 260 g/mol. The third-order valence-corrected chi connectivity index (χ3v) is 2.52. The number of tetrazole rings is 1. The lowest BCUT2D eigenvalue weighted by atomic mass is 10.1. The lowest BCUT2D eigenvalue weighted by Crippen LogP contribution is -2.09. The van der Waals surface area contributed by atoms with Crippen molar-refractivity contribution in [3.05, 3.63) is 34.1 Å². The highest BCUT2D eigenvalue weighted by atomic mass is 32.1. The number of nitrogens with one attached hydrogen (secondary N) is 1. The van der Waals surface area contributed by atoms with Crippen LogP contribution in [-0.4, -0.2) is 20.2 Å². The highest BCUT2D eigenvalue weighted by Gasteiger charge is 2.32. The summed E-state index contributed by atoms with van der Waals surface area (Å²) in [6, 6.07) is 3.89. The van der Waals surface area contributed by atoms with Crippen molar-refractivity contribution in [3.8, 4) is 5.69 Å². The van der Waals surface area contributed by atoms with Crippen molar-refractivity contribution in [1.82, 2.24) is 20.2 Å². The molecule has 1 heterocycles. The second-order valence-corrected chi connectivity index (χ2v) is 3.78. The Balaban J connectivity index is 2.60. The molecule has 1 aromatic heterocycles. The number of benzene rings is 1. The minimum Gasteiger partial charge on any atom is -0.210 e. The zero-order valence-electron chi connectivity index (χ0n) is 8.62. The molecule has 0 saturated carbocycles. The van der Waals surface area contributed by atoms with Crippen LogP contribution >= 0.6 is 12.2 Å². The molecule has 0 amide bonds. The van der Waals surface area contributed by atoms with Crippen LogP contribution in [0.3, 0.4) is 0 Å². The Morgan fingerprint density at radius 3 is 2.59 bits per heavy atom. The van der Waals surface area contributed by atoms with Crippen LogP contribution in [0.5, 0.6) is 0 Å². The molecule has 2 aromatic rings. The molecule has 0 spiro atoms. The van der Waals surface area contributed by atoms with E-state index in [1.54, 1.807) is 0 Å². The molecule has 0 saturated heterocycles. The lowest BCUT2D eigenvalue weighted by Gasteiger charge is -2.11. The van der Waals surface area contributed by atoms with Crippen molar-refractivity contribution in [2.24, 2.45) is 0 Å². The Kier molecular flexibility index (Phi) is 2.74. The summed E-state index contributed by atoms with van der Waals surface area (Å²) >= 11 is 4.81. The summed E-state index contributed by atoms with van der Waals surface area (Å²) in [5.74, 6) is 0. The van der Waals surface area contributed by atoms with Gasteiger partial charge in [0.1, 0.15) is 0 Å². The van der Waals surface area contributed by atoms with Crippen LogP contribution in [0.4, 0.5) is 13.2 Å². The van der Waals surface area contributed by atoms with Crippen LogP contribution < -0.4 is 0 Å². The van der Waals surface area contributed by atoms with Crippen molar-refractivity contribution < 1.29 is 13.2 Å². The number of rotatable bonds is 1. The van der Waals surface area contributed by atoms with E-state index >= 15 is 0 Å². The van der Waals surface area contributed by atoms with Crippen LogP contribution in [-0.2, 0) is 6.18 Å². The predicted molar refractivity (Wildman–Crippen MR) is 56.3 cm³/mol. The number of hydrogen-bond donors (Lipinski definition) is 1. The third kappa shape index (κ3) is 2.21. The molecule has 0 radical (unpaired) electrons. The van der Waals surface area contributed by atoms with Gasteiger partial charge in [-0.05, 0) is 36.8 Å². The highest BCUT2D eigenvalue weighted by Crippen LogP contribution is 2.32. The van der Waals surface area contributed by atoms with Crippen molar-refractivity contribution >= 4 is 12.2 Å². The molecule has 0 unspecified atom stereocenters. The normalized spacial score (nSPS) is 11.8. The summed E-state index contributed by atoms with van der Waals surface area (Å²) in [6.07, 6.45) is -4.39. The standard InChI is InChI=1S/C9H7F3N4S/c1-5-2-3-6(4-7(5)9(10,11)12)16-8(17)13-14-15-16/h2-4H,1H3,(H,13,15,17). The van der Waals surface area contributed by atoms with Crippen LogP contribution in [0.2, 0.25) is 0 Å². The molecule has 0 atom stereocenters. The fourth-order valence-corrected chi connectivity index (χ4v) is 1.61. The molecule has 1 N–H and O–H groups in total. The van der Waals surface area contributed by atoms with Gasteiger partial charge in [-0.2, -0.15) is 18.4 Å². The van der Waals surface area contributed by atoms with Gasteiger partial charge in [-0.15, -0.1) is 0 Å². The summed E-state index contributed by atoms with van der Waals surface area (Å²) in [6.45, 7) is 1.40. The van der Waals surface area contributed by atoms with Gasteiger partial charge in [-0.3, -0.25) is 0 Å². The van der Waals surface area contributed by atoms with Gasteiger partial charge in [-0.1, -0.05) is 16.4 Å². The SMILES string of the molecule is Cc1ccc(-n2[nH]nnc2=S)cc1C(F)(F)F. The number of aromatic nitrogens is 4. The predicted octanol–water partition coefficient (Wildman–Crippen LogP) is 2.65. The van der Waals surface area contributed by atoms with Gasteiger partial charge in [0.25, 0.3) is 0 Å². The van der Waals surface area contributed by atoms with E-state index in [1.807, 2.05) is 0 Å². The minimum atomic E-state index is -4.39. The van der Waals surface area contributed by atoms with Crippen molar-refractivity contribution in [2.45, 2.75) is 13.1 Å². The van der Waals surface area contributed by atoms with Crippen molar-refractivity contribution in [1.29, 1.82) is 0 Å². The number of halogens is 3. The molecule has 0 fully saturated rings. The van der Waals surface area contributed by atoms with Gasteiger partial charge in [0.15, 0.2) is 0 Å². The summed E-state index contributed by atoms with van der Waals surface area (Å²) in [4.78, 5) is 0. The van der Waals surface area contributed by atoms with E-state index in [4.69, 9.17) is 12.2 Å². The first-order valence-corrected chi connectivity index (χ1v) is 4.99. The topological polar surface area (TPSA) is 46.5 Å². The first-order valence-electron chi connectivity index (χ1n) is 4.58. The maximum Gasteiger partial charge on any atom is 0.416 e. The molecular formula is C9H7F3N4S. The molecule has 8 heteroatoms. The molecular weight excluding hydrogens is 253 g/mol. The average Bonchev–Trinajstić information content (AvgIpc) is 2.63. The van der Waals surface area contributed by atoms with Gasteiger partial charge in [0.2, 0.25) is 4.77 Å². The fourth-order valence-electron chi connectivity index (χ4n) is 1.42. The van der Waals surface area contributed by atoms with Gasteiger partial charge < -0.3 is 0 Å². The summed E-state index contributed by atoms with van der Waals surface area (Å²) < 4.78 is 39.4. The van der Waals surface area contributed by atoms with Gasteiger partial charge in [0.05, 0.1) is 11.3 Å². The van der Waals surface area contributed by atoms with Crippen molar-refractivity contribution in [3.63, 3.8) is 0 Å². The zero-order chi connectivity index (χ0) is 12.6. The van der Waals surface area contributed by atoms with E-state index in [-0.39, 0.29) is 16.0 Å². The van der Waals surface area contributed by atoms with Crippen LogP contribution in [0.25, 0.3) is 5.69 Å². The molecule has 90 valence electrons. The van der Waals surface area contributed by atoms with Gasteiger partial charge in [0, 0.05) is 0 Å². The Hall–Kier alpha value is -1.70. The Bertz CT molecular complexity index is 599. The smallest absolute Gasteiger partial charge is 0.210 e. The monoisotopic (exact) mass is 260 g/mol. The fraction of sp³-hybridized carbons (Fsp3) is 0.222. The van der Waals surface area contributed by atoms with Crippen molar-refractivity contribution in [2.75, 3.05) is 0 Å². The molecule has 0 bridgehead atoms. The quantitative estimate of drug-likeness (QED) is 0.802. The number of hydrogen-bond acceptors (Lipinski definition) is 3.